The molecule has 6 heteroatoms. The Balaban J connectivity index is 1.45. The highest BCUT2D eigenvalue weighted by Crippen LogP contribution is 2.23. The molecule has 0 unspecified atom stereocenters. The summed E-state index contributed by atoms with van der Waals surface area (Å²) in [5.74, 6) is 1.16. The molecule has 0 bridgehead atoms. The van der Waals surface area contributed by atoms with Crippen molar-refractivity contribution in [2.75, 3.05) is 33.4 Å². The zero-order valence-electron chi connectivity index (χ0n) is 15.4. The normalized spacial score (nSPS) is 19.2. The minimum absolute atomic E-state index is 0.0246. The van der Waals surface area contributed by atoms with Gasteiger partial charge in [0.1, 0.15) is 5.75 Å². The van der Waals surface area contributed by atoms with Gasteiger partial charge in [0.05, 0.1) is 7.11 Å². The molecule has 2 aliphatic rings. The summed E-state index contributed by atoms with van der Waals surface area (Å²) in [6.07, 6.45) is 3.09. The number of hydrogen-bond acceptors (Lipinski definition) is 4. The van der Waals surface area contributed by atoms with Crippen molar-refractivity contribution in [3.8, 4) is 5.75 Å². The third-order valence-corrected chi connectivity index (χ3v) is 5.39. The van der Waals surface area contributed by atoms with Crippen LogP contribution in [0.3, 0.4) is 0 Å². The van der Waals surface area contributed by atoms with Gasteiger partial charge in [-0.2, -0.15) is 0 Å². The Morgan fingerprint density at radius 3 is 2.50 bits per heavy atom. The fraction of sp³-hybridized carbons (Fsp3) is 0.600. The van der Waals surface area contributed by atoms with Crippen LogP contribution in [0, 0.1) is 11.8 Å². The Morgan fingerprint density at radius 2 is 1.81 bits per heavy atom. The number of carbonyl (C=O) groups is 2. The van der Waals surface area contributed by atoms with Crippen LogP contribution in [0.5, 0.6) is 5.75 Å². The second-order valence-electron chi connectivity index (χ2n) is 7.02. The molecule has 2 heterocycles. The quantitative estimate of drug-likeness (QED) is 0.872. The minimum Gasteiger partial charge on any atom is -0.496 e. The number of rotatable bonds is 5. The van der Waals surface area contributed by atoms with Crippen molar-refractivity contribution in [2.45, 2.75) is 32.2 Å². The Kier molecular flexibility index (Phi) is 6.50. The number of amides is 2. The van der Waals surface area contributed by atoms with Gasteiger partial charge in [0, 0.05) is 50.2 Å². The highest BCUT2D eigenvalue weighted by molar-refractivity contribution is 5.81. The number of methoxy groups -OCH3 is 1. The van der Waals surface area contributed by atoms with E-state index >= 15 is 0 Å². The number of hydrogen-bond donors (Lipinski definition) is 1. The number of piperidine rings is 1. The van der Waals surface area contributed by atoms with Gasteiger partial charge in [0.15, 0.2) is 0 Å². The zero-order valence-corrected chi connectivity index (χ0v) is 15.4. The molecular weight excluding hydrogens is 332 g/mol. The Bertz CT molecular complexity index is 620. The lowest BCUT2D eigenvalue weighted by Gasteiger charge is -2.34. The highest BCUT2D eigenvalue weighted by Gasteiger charge is 2.31. The number of ether oxygens (including phenoxy) is 2. The monoisotopic (exact) mass is 360 g/mol. The number of nitrogens with one attached hydrogen (secondary N) is 1. The number of carbonyl (C=O) groups excluding carboxylic acids is 2. The third kappa shape index (κ3) is 4.55. The fourth-order valence-corrected chi connectivity index (χ4v) is 3.74. The van der Waals surface area contributed by atoms with Crippen LogP contribution in [0.25, 0.3) is 0 Å². The SMILES string of the molecule is COc1ccccc1CNC(=O)C1CCN(C(=O)C2CCOCC2)CC1. The van der Waals surface area contributed by atoms with Crippen LogP contribution >= 0.6 is 0 Å². The first-order valence-electron chi connectivity index (χ1n) is 9.45. The van der Waals surface area contributed by atoms with Gasteiger partial charge in [-0.05, 0) is 31.7 Å². The van der Waals surface area contributed by atoms with Crippen LogP contribution in [-0.2, 0) is 20.9 Å². The fourth-order valence-electron chi connectivity index (χ4n) is 3.74. The summed E-state index contributed by atoms with van der Waals surface area (Å²) < 4.78 is 10.6. The average Bonchev–Trinajstić information content (AvgIpc) is 2.72. The van der Waals surface area contributed by atoms with E-state index in [1.54, 1.807) is 7.11 Å². The lowest BCUT2D eigenvalue weighted by atomic mass is 9.93. The molecule has 0 radical (unpaired) electrons. The van der Waals surface area contributed by atoms with Crippen molar-refractivity contribution in [3.05, 3.63) is 29.8 Å². The molecule has 1 aromatic carbocycles. The van der Waals surface area contributed by atoms with E-state index in [1.165, 1.54) is 0 Å². The van der Waals surface area contributed by atoms with Crippen molar-refractivity contribution in [3.63, 3.8) is 0 Å². The van der Waals surface area contributed by atoms with Gasteiger partial charge in [0.2, 0.25) is 11.8 Å². The van der Waals surface area contributed by atoms with Crippen LogP contribution in [0.2, 0.25) is 0 Å². The summed E-state index contributed by atoms with van der Waals surface area (Å²) in [6.45, 7) is 3.16. The third-order valence-electron chi connectivity index (χ3n) is 5.39. The molecule has 0 saturated carbocycles. The maximum atomic E-state index is 12.6. The first kappa shape index (κ1) is 18.7. The maximum absolute atomic E-state index is 12.6. The van der Waals surface area contributed by atoms with Crippen LogP contribution < -0.4 is 10.1 Å². The number of benzene rings is 1. The molecule has 1 N–H and O–H groups in total. The van der Waals surface area contributed by atoms with E-state index in [2.05, 4.69) is 5.32 Å². The summed E-state index contributed by atoms with van der Waals surface area (Å²) in [4.78, 5) is 27.0. The molecule has 0 aromatic heterocycles. The van der Waals surface area contributed by atoms with E-state index in [-0.39, 0.29) is 23.7 Å². The van der Waals surface area contributed by atoms with Crippen molar-refractivity contribution >= 4 is 11.8 Å². The number of para-hydroxylation sites is 1. The van der Waals surface area contributed by atoms with E-state index in [9.17, 15) is 9.59 Å². The summed E-state index contributed by atoms with van der Waals surface area (Å²) >= 11 is 0. The molecule has 1 aromatic rings. The minimum atomic E-state index is -0.0246. The van der Waals surface area contributed by atoms with E-state index in [4.69, 9.17) is 9.47 Å². The molecule has 2 aliphatic heterocycles. The standard InChI is InChI=1S/C20H28N2O4/c1-25-18-5-3-2-4-17(18)14-21-19(23)15-6-10-22(11-7-15)20(24)16-8-12-26-13-9-16/h2-5,15-16H,6-14H2,1H3,(H,21,23). The molecule has 6 nitrogen and oxygen atoms in total. The van der Waals surface area contributed by atoms with Crippen molar-refractivity contribution in [1.82, 2.24) is 10.2 Å². The van der Waals surface area contributed by atoms with E-state index < -0.39 is 0 Å². The molecule has 0 aliphatic carbocycles. The van der Waals surface area contributed by atoms with Gasteiger partial charge in [0.25, 0.3) is 0 Å². The molecular formula is C20H28N2O4. The highest BCUT2D eigenvalue weighted by atomic mass is 16.5. The molecule has 26 heavy (non-hydrogen) atoms. The molecule has 0 atom stereocenters. The van der Waals surface area contributed by atoms with E-state index in [0.717, 1.165) is 37.0 Å². The smallest absolute Gasteiger partial charge is 0.225 e. The van der Waals surface area contributed by atoms with Crippen LogP contribution in [0.4, 0.5) is 0 Å². The van der Waals surface area contributed by atoms with Gasteiger partial charge in [-0.3, -0.25) is 9.59 Å². The largest absolute Gasteiger partial charge is 0.496 e. The lowest BCUT2D eigenvalue weighted by Crippen LogP contribution is -2.45. The summed E-state index contributed by atoms with van der Waals surface area (Å²) in [7, 11) is 1.63. The van der Waals surface area contributed by atoms with Crippen LogP contribution in [-0.4, -0.2) is 50.1 Å². The number of likely N-dealkylation sites (tertiary alicyclic amines) is 1. The predicted molar refractivity (Wildman–Crippen MR) is 97.7 cm³/mol. The van der Waals surface area contributed by atoms with E-state index in [0.29, 0.717) is 32.8 Å². The van der Waals surface area contributed by atoms with Crippen molar-refractivity contribution in [2.24, 2.45) is 11.8 Å². The molecule has 2 amide bonds. The summed E-state index contributed by atoms with van der Waals surface area (Å²) in [5, 5.41) is 3.01. The second-order valence-corrected chi connectivity index (χ2v) is 7.02. The van der Waals surface area contributed by atoms with Crippen LogP contribution in [0.1, 0.15) is 31.2 Å². The van der Waals surface area contributed by atoms with Gasteiger partial charge < -0.3 is 19.7 Å². The maximum Gasteiger partial charge on any atom is 0.225 e. The van der Waals surface area contributed by atoms with Gasteiger partial charge >= 0.3 is 0 Å². The average molecular weight is 360 g/mol. The van der Waals surface area contributed by atoms with Crippen molar-refractivity contribution < 1.29 is 19.1 Å². The summed E-state index contributed by atoms with van der Waals surface area (Å²) in [5.41, 5.74) is 0.968. The topological polar surface area (TPSA) is 67.9 Å². The van der Waals surface area contributed by atoms with Gasteiger partial charge in [-0.1, -0.05) is 18.2 Å². The zero-order chi connectivity index (χ0) is 18.4. The Hall–Kier alpha value is -2.08. The van der Waals surface area contributed by atoms with Crippen molar-refractivity contribution in [1.29, 1.82) is 0 Å². The molecule has 3 rings (SSSR count). The predicted octanol–water partition coefficient (Wildman–Crippen LogP) is 1.98. The molecule has 2 saturated heterocycles. The lowest BCUT2D eigenvalue weighted by molar-refractivity contribution is -0.141. The van der Waals surface area contributed by atoms with Crippen LogP contribution in [0.15, 0.2) is 24.3 Å². The first-order valence-corrected chi connectivity index (χ1v) is 9.45. The Labute approximate surface area is 154 Å². The molecule has 0 spiro atoms. The first-order chi connectivity index (χ1) is 12.7. The van der Waals surface area contributed by atoms with E-state index in [1.807, 2.05) is 29.2 Å². The number of nitrogens with zero attached hydrogens (tertiary/aromatic N) is 1. The second kappa shape index (κ2) is 9.03. The van der Waals surface area contributed by atoms with Gasteiger partial charge in [-0.25, -0.2) is 0 Å². The Morgan fingerprint density at radius 1 is 1.12 bits per heavy atom. The van der Waals surface area contributed by atoms with Gasteiger partial charge in [-0.15, -0.1) is 0 Å². The summed E-state index contributed by atoms with van der Waals surface area (Å²) in [6, 6.07) is 7.69. The molecule has 142 valence electrons. The molecule has 2 fully saturated rings.